The number of benzene rings is 4. The smallest absolute Gasteiger partial charge is 0.00992 e. The summed E-state index contributed by atoms with van der Waals surface area (Å²) in [6.07, 6.45) is 0. The van der Waals surface area contributed by atoms with Gasteiger partial charge in [-0.3, -0.25) is 0 Å². The quantitative estimate of drug-likeness (QED) is 0.400. The van der Waals surface area contributed by atoms with Gasteiger partial charge in [0, 0.05) is 0 Å². The van der Waals surface area contributed by atoms with Crippen molar-refractivity contribution in [2.24, 2.45) is 0 Å². The van der Waals surface area contributed by atoms with E-state index in [1.165, 1.54) is 21.5 Å². The molecule has 0 saturated heterocycles. The van der Waals surface area contributed by atoms with Crippen LogP contribution in [0, 0.1) is 12.1 Å². The largest absolute Gasteiger partial charge is 0.0616 e. The molecule has 94 valence electrons. The molecule has 4 aromatic rings. The van der Waals surface area contributed by atoms with Crippen LogP contribution in [0.3, 0.4) is 0 Å². The molecule has 0 bridgehead atoms. The summed E-state index contributed by atoms with van der Waals surface area (Å²) in [5.74, 6) is 0. The Labute approximate surface area is 119 Å². The predicted molar refractivity (Wildman–Crippen MR) is 85.6 cm³/mol. The van der Waals surface area contributed by atoms with Crippen molar-refractivity contribution < 1.29 is 0 Å². The van der Waals surface area contributed by atoms with Crippen LogP contribution < -0.4 is 0 Å². The number of fused-ring (bicyclic) bond motifs is 2. The highest BCUT2D eigenvalue weighted by atomic mass is 13.9. The fraction of sp³-hybridized carbons (Fsp3) is 0. The van der Waals surface area contributed by atoms with Gasteiger partial charge in [0.1, 0.15) is 0 Å². The summed E-state index contributed by atoms with van der Waals surface area (Å²) in [5, 5.41) is 4.88. The maximum absolute atomic E-state index is 3.15. The lowest BCUT2D eigenvalue weighted by atomic mass is 10.1. The van der Waals surface area contributed by atoms with Crippen LogP contribution in [0.15, 0.2) is 84.9 Å². The van der Waals surface area contributed by atoms with E-state index in [9.17, 15) is 0 Å². The number of hydrogen-bond acceptors (Lipinski definition) is 0. The molecule has 0 heterocycles. The van der Waals surface area contributed by atoms with Crippen molar-refractivity contribution >= 4 is 21.5 Å². The second-order valence-electron chi connectivity index (χ2n) is 4.51. The van der Waals surface area contributed by atoms with Crippen LogP contribution in [0.1, 0.15) is 0 Å². The van der Waals surface area contributed by atoms with E-state index in [0.29, 0.717) is 0 Å². The van der Waals surface area contributed by atoms with Crippen molar-refractivity contribution in [3.8, 4) is 0 Å². The van der Waals surface area contributed by atoms with Crippen molar-refractivity contribution in [2.75, 3.05) is 0 Å². The molecule has 0 atom stereocenters. The zero-order chi connectivity index (χ0) is 13.6. The molecule has 0 heteroatoms. The van der Waals surface area contributed by atoms with E-state index in [4.69, 9.17) is 0 Å². The molecule has 4 aromatic carbocycles. The van der Waals surface area contributed by atoms with Gasteiger partial charge >= 0.3 is 0 Å². The lowest BCUT2D eigenvalue weighted by molar-refractivity contribution is 1.74. The third-order valence-corrected chi connectivity index (χ3v) is 3.14. The Balaban J connectivity index is 0.000000121. The molecule has 0 spiro atoms. The van der Waals surface area contributed by atoms with Crippen molar-refractivity contribution in [2.45, 2.75) is 0 Å². The van der Waals surface area contributed by atoms with Gasteiger partial charge in [-0.05, 0) is 33.7 Å². The Bertz CT molecular complexity index is 613. The number of hydrogen-bond donors (Lipinski definition) is 0. The van der Waals surface area contributed by atoms with Crippen LogP contribution in [0.25, 0.3) is 21.5 Å². The first-order valence-electron chi connectivity index (χ1n) is 6.64. The average Bonchev–Trinajstić information content (AvgIpc) is 2.56. The second-order valence-corrected chi connectivity index (χ2v) is 4.51. The van der Waals surface area contributed by atoms with Gasteiger partial charge in [0.05, 0.1) is 0 Å². The van der Waals surface area contributed by atoms with Crippen molar-refractivity contribution in [1.82, 2.24) is 0 Å². The van der Waals surface area contributed by atoms with Crippen LogP contribution >= 0.6 is 0 Å². The molecule has 0 N–H and O–H groups in total. The van der Waals surface area contributed by atoms with Gasteiger partial charge in [0.2, 0.25) is 0 Å². The van der Waals surface area contributed by atoms with E-state index in [0.717, 1.165) is 0 Å². The lowest BCUT2D eigenvalue weighted by Gasteiger charge is -1.91. The molecule has 0 aromatic heterocycles. The van der Waals surface area contributed by atoms with Crippen LogP contribution in [-0.4, -0.2) is 0 Å². The van der Waals surface area contributed by atoms with Gasteiger partial charge in [-0.25, -0.2) is 0 Å². The van der Waals surface area contributed by atoms with Crippen molar-refractivity contribution in [3.63, 3.8) is 0 Å². The number of rotatable bonds is 0. The zero-order valence-corrected chi connectivity index (χ0v) is 11.1. The molecular formula is C20H14. The molecule has 0 saturated carbocycles. The predicted octanol–water partition coefficient (Wildman–Crippen LogP) is 5.28. The maximum atomic E-state index is 3.15. The molecule has 0 nitrogen and oxygen atoms in total. The van der Waals surface area contributed by atoms with Crippen LogP contribution in [0.4, 0.5) is 0 Å². The minimum Gasteiger partial charge on any atom is -0.0616 e. The molecule has 0 aliphatic rings. The maximum Gasteiger partial charge on any atom is -0.00992 e. The van der Waals surface area contributed by atoms with E-state index < -0.39 is 0 Å². The Morgan fingerprint density at radius 1 is 0.450 bits per heavy atom. The van der Waals surface area contributed by atoms with Crippen LogP contribution in [-0.2, 0) is 0 Å². The zero-order valence-electron chi connectivity index (χ0n) is 11.1. The average molecular weight is 254 g/mol. The highest BCUT2D eigenvalue weighted by Gasteiger charge is 1.86. The summed E-state index contributed by atoms with van der Waals surface area (Å²) in [5.41, 5.74) is 0. The molecular weight excluding hydrogens is 240 g/mol. The fourth-order valence-electron chi connectivity index (χ4n) is 2.13. The van der Waals surface area contributed by atoms with Gasteiger partial charge in [-0.2, -0.15) is 0 Å². The normalized spacial score (nSPS) is 10.0. The molecule has 0 unspecified atom stereocenters. The summed E-state index contributed by atoms with van der Waals surface area (Å²) < 4.78 is 0. The molecule has 0 amide bonds. The molecule has 0 aliphatic heterocycles. The SMILES string of the molecule is [c]1cccc2ccccc12.[c]1cccc2ccccc12. The van der Waals surface area contributed by atoms with Gasteiger partial charge in [-0.1, -0.05) is 84.9 Å². The van der Waals surface area contributed by atoms with Gasteiger partial charge in [0.25, 0.3) is 0 Å². The molecule has 0 fully saturated rings. The summed E-state index contributed by atoms with van der Waals surface area (Å²) in [6, 6.07) is 34.8. The fourth-order valence-corrected chi connectivity index (χ4v) is 2.13. The Kier molecular flexibility index (Phi) is 3.75. The molecule has 0 aliphatic carbocycles. The Hall–Kier alpha value is -2.60. The van der Waals surface area contributed by atoms with Gasteiger partial charge in [-0.15, -0.1) is 0 Å². The third kappa shape index (κ3) is 2.86. The molecule has 2 radical (unpaired) electrons. The van der Waals surface area contributed by atoms with E-state index in [2.05, 4.69) is 48.5 Å². The highest BCUT2D eigenvalue weighted by Crippen LogP contribution is 2.11. The summed E-state index contributed by atoms with van der Waals surface area (Å²) in [6.45, 7) is 0. The molecule has 20 heavy (non-hydrogen) atoms. The Morgan fingerprint density at radius 2 is 0.850 bits per heavy atom. The van der Waals surface area contributed by atoms with Gasteiger partial charge < -0.3 is 0 Å². The summed E-state index contributed by atoms with van der Waals surface area (Å²) in [4.78, 5) is 0. The van der Waals surface area contributed by atoms with E-state index in [1.54, 1.807) is 0 Å². The highest BCUT2D eigenvalue weighted by molar-refractivity contribution is 5.82. The standard InChI is InChI=1S/2C10H7/c2*1-2-6-10-8-4-3-7-9(10)5-1/h2*1-7H. The van der Waals surface area contributed by atoms with E-state index >= 15 is 0 Å². The van der Waals surface area contributed by atoms with E-state index in [1.807, 2.05) is 48.5 Å². The monoisotopic (exact) mass is 254 g/mol. The summed E-state index contributed by atoms with van der Waals surface area (Å²) in [7, 11) is 0. The molecule has 4 rings (SSSR count). The third-order valence-electron chi connectivity index (χ3n) is 3.14. The minimum absolute atomic E-state index is 1.19. The Morgan fingerprint density at radius 3 is 1.30 bits per heavy atom. The van der Waals surface area contributed by atoms with Crippen molar-refractivity contribution in [1.29, 1.82) is 0 Å². The van der Waals surface area contributed by atoms with Crippen LogP contribution in [0.5, 0.6) is 0 Å². The first-order chi connectivity index (χ1) is 9.93. The van der Waals surface area contributed by atoms with Crippen molar-refractivity contribution in [3.05, 3.63) is 97.1 Å². The first kappa shape index (κ1) is 12.4. The first-order valence-corrected chi connectivity index (χ1v) is 6.64. The lowest BCUT2D eigenvalue weighted by Crippen LogP contribution is -1.67. The van der Waals surface area contributed by atoms with Crippen LogP contribution in [0.2, 0.25) is 0 Å². The minimum atomic E-state index is 1.19. The second kappa shape index (κ2) is 6.03. The van der Waals surface area contributed by atoms with E-state index in [-0.39, 0.29) is 0 Å². The van der Waals surface area contributed by atoms with Gasteiger partial charge in [0.15, 0.2) is 0 Å². The summed E-state index contributed by atoms with van der Waals surface area (Å²) >= 11 is 0. The topological polar surface area (TPSA) is 0 Å².